The molecule has 1 fully saturated rings. The molecule has 3 rings (SSSR count). The Labute approximate surface area is 147 Å². The Morgan fingerprint density at radius 3 is 2.76 bits per heavy atom. The van der Waals surface area contributed by atoms with Gasteiger partial charge in [-0.1, -0.05) is 18.6 Å². The highest BCUT2D eigenvalue weighted by atomic mass is 16.2. The Hall–Kier alpha value is -2.70. The van der Waals surface area contributed by atoms with Crippen LogP contribution in [0.4, 0.5) is 0 Å². The molecule has 1 saturated heterocycles. The molecule has 2 aromatic rings. The predicted octanol–water partition coefficient (Wildman–Crippen LogP) is 1.85. The van der Waals surface area contributed by atoms with Crippen LogP contribution in [0, 0.1) is 0 Å². The van der Waals surface area contributed by atoms with Crippen LogP contribution in [0.2, 0.25) is 0 Å². The average molecular weight is 341 g/mol. The molecule has 7 nitrogen and oxygen atoms in total. The lowest BCUT2D eigenvalue weighted by molar-refractivity contribution is -0.135. The maximum absolute atomic E-state index is 12.3. The van der Waals surface area contributed by atoms with Crippen molar-refractivity contribution in [2.75, 3.05) is 13.1 Å². The SMILES string of the molecule is CC(NC(=O)CN1CCCCCC1=O)c1ccc(-n2cncn2)cc1. The second-order valence-electron chi connectivity index (χ2n) is 6.35. The lowest BCUT2D eigenvalue weighted by Gasteiger charge is -2.22. The van der Waals surface area contributed by atoms with Crippen LogP contribution in [-0.2, 0) is 9.59 Å². The van der Waals surface area contributed by atoms with Gasteiger partial charge in [-0.3, -0.25) is 9.59 Å². The van der Waals surface area contributed by atoms with E-state index < -0.39 is 0 Å². The van der Waals surface area contributed by atoms with E-state index in [-0.39, 0.29) is 24.4 Å². The maximum atomic E-state index is 12.3. The van der Waals surface area contributed by atoms with Crippen LogP contribution in [0.1, 0.15) is 44.2 Å². The van der Waals surface area contributed by atoms with Gasteiger partial charge in [0, 0.05) is 13.0 Å². The number of carbonyl (C=O) groups excluding carboxylic acids is 2. The lowest BCUT2D eigenvalue weighted by Crippen LogP contribution is -2.41. The zero-order valence-corrected chi connectivity index (χ0v) is 14.4. The summed E-state index contributed by atoms with van der Waals surface area (Å²) < 4.78 is 1.68. The van der Waals surface area contributed by atoms with Crippen LogP contribution in [0.25, 0.3) is 5.69 Å². The van der Waals surface area contributed by atoms with E-state index in [0.29, 0.717) is 13.0 Å². The summed E-state index contributed by atoms with van der Waals surface area (Å²) in [5.74, 6) is -0.0411. The van der Waals surface area contributed by atoms with Crippen LogP contribution in [0.3, 0.4) is 0 Å². The Morgan fingerprint density at radius 2 is 2.04 bits per heavy atom. The van der Waals surface area contributed by atoms with Crippen LogP contribution in [0.15, 0.2) is 36.9 Å². The molecule has 1 aromatic carbocycles. The van der Waals surface area contributed by atoms with Crippen LogP contribution in [0.5, 0.6) is 0 Å². The number of benzene rings is 1. The second-order valence-corrected chi connectivity index (χ2v) is 6.35. The Morgan fingerprint density at radius 1 is 1.24 bits per heavy atom. The zero-order valence-electron chi connectivity index (χ0n) is 14.4. The molecule has 2 amide bonds. The first-order valence-electron chi connectivity index (χ1n) is 8.65. The number of rotatable bonds is 5. The Balaban J connectivity index is 1.56. The topological polar surface area (TPSA) is 80.1 Å². The molecular formula is C18H23N5O2. The summed E-state index contributed by atoms with van der Waals surface area (Å²) in [5, 5.41) is 7.06. The summed E-state index contributed by atoms with van der Waals surface area (Å²) in [7, 11) is 0. The van der Waals surface area contributed by atoms with Gasteiger partial charge in [0.2, 0.25) is 11.8 Å². The molecule has 1 aliphatic heterocycles. The van der Waals surface area contributed by atoms with E-state index in [9.17, 15) is 9.59 Å². The molecule has 1 atom stereocenters. The van der Waals surface area contributed by atoms with E-state index >= 15 is 0 Å². The fourth-order valence-corrected chi connectivity index (χ4v) is 3.01. The summed E-state index contributed by atoms with van der Waals surface area (Å²) in [5.41, 5.74) is 1.91. The number of likely N-dealkylation sites (tertiary alicyclic amines) is 1. The molecule has 1 aromatic heterocycles. The average Bonchev–Trinajstić information content (AvgIpc) is 3.07. The molecule has 0 radical (unpaired) electrons. The molecular weight excluding hydrogens is 318 g/mol. The van der Waals surface area contributed by atoms with Gasteiger partial charge in [0.25, 0.3) is 0 Å². The fraction of sp³-hybridized carbons (Fsp3) is 0.444. The number of hydrogen-bond acceptors (Lipinski definition) is 4. The van der Waals surface area contributed by atoms with Gasteiger partial charge in [-0.25, -0.2) is 9.67 Å². The molecule has 1 aliphatic rings. The third-order valence-electron chi connectivity index (χ3n) is 4.46. The molecule has 1 N–H and O–H groups in total. The Bertz CT molecular complexity index is 712. The van der Waals surface area contributed by atoms with Crippen molar-refractivity contribution in [2.45, 2.75) is 38.6 Å². The predicted molar refractivity (Wildman–Crippen MR) is 93.0 cm³/mol. The number of aromatic nitrogens is 3. The van der Waals surface area contributed by atoms with Gasteiger partial charge < -0.3 is 10.2 Å². The van der Waals surface area contributed by atoms with Gasteiger partial charge in [-0.2, -0.15) is 5.10 Å². The molecule has 1 unspecified atom stereocenters. The van der Waals surface area contributed by atoms with Gasteiger partial charge in [0.15, 0.2) is 0 Å². The van der Waals surface area contributed by atoms with Crippen molar-refractivity contribution in [3.63, 3.8) is 0 Å². The van der Waals surface area contributed by atoms with E-state index in [1.165, 1.54) is 6.33 Å². The largest absolute Gasteiger partial charge is 0.348 e. The maximum Gasteiger partial charge on any atom is 0.240 e. The van der Waals surface area contributed by atoms with Gasteiger partial charge >= 0.3 is 0 Å². The number of amides is 2. The first-order valence-corrected chi connectivity index (χ1v) is 8.65. The molecule has 0 bridgehead atoms. The highest BCUT2D eigenvalue weighted by Gasteiger charge is 2.20. The summed E-state index contributed by atoms with van der Waals surface area (Å²) in [6.45, 7) is 2.75. The fourth-order valence-electron chi connectivity index (χ4n) is 3.01. The van der Waals surface area contributed by atoms with Gasteiger partial charge in [-0.05, 0) is 37.5 Å². The quantitative estimate of drug-likeness (QED) is 0.900. The normalized spacial score (nSPS) is 16.4. The van der Waals surface area contributed by atoms with Crippen molar-refractivity contribution in [2.24, 2.45) is 0 Å². The minimum atomic E-state index is -0.126. The lowest BCUT2D eigenvalue weighted by atomic mass is 10.1. The smallest absolute Gasteiger partial charge is 0.240 e. The van der Waals surface area contributed by atoms with Crippen molar-refractivity contribution in [1.82, 2.24) is 25.0 Å². The van der Waals surface area contributed by atoms with E-state index in [0.717, 1.165) is 30.5 Å². The standard InChI is InChI=1S/C18H23N5O2/c1-14(15-6-8-16(9-7-15)23-13-19-12-20-23)21-17(24)11-22-10-4-2-3-5-18(22)25/h6-9,12-14H,2-5,10-11H2,1H3,(H,21,24). The van der Waals surface area contributed by atoms with Crippen LogP contribution < -0.4 is 5.32 Å². The van der Waals surface area contributed by atoms with Gasteiger partial charge in [0.05, 0.1) is 18.3 Å². The molecule has 25 heavy (non-hydrogen) atoms. The third-order valence-corrected chi connectivity index (χ3v) is 4.46. The second kappa shape index (κ2) is 7.92. The van der Waals surface area contributed by atoms with Gasteiger partial charge in [0.1, 0.15) is 12.7 Å². The molecule has 0 saturated carbocycles. The van der Waals surface area contributed by atoms with E-state index in [4.69, 9.17) is 0 Å². The van der Waals surface area contributed by atoms with Crippen molar-refractivity contribution in [3.05, 3.63) is 42.5 Å². The monoisotopic (exact) mass is 341 g/mol. The summed E-state index contributed by atoms with van der Waals surface area (Å²) >= 11 is 0. The minimum Gasteiger partial charge on any atom is -0.348 e. The molecule has 0 spiro atoms. The van der Waals surface area contributed by atoms with E-state index in [1.54, 1.807) is 15.9 Å². The van der Waals surface area contributed by atoms with Crippen LogP contribution >= 0.6 is 0 Å². The third kappa shape index (κ3) is 4.43. The van der Waals surface area contributed by atoms with Crippen molar-refractivity contribution in [1.29, 1.82) is 0 Å². The number of carbonyl (C=O) groups is 2. The number of hydrogen-bond donors (Lipinski definition) is 1. The number of nitrogens with one attached hydrogen (secondary N) is 1. The molecule has 7 heteroatoms. The van der Waals surface area contributed by atoms with Crippen molar-refractivity contribution in [3.8, 4) is 5.69 Å². The van der Waals surface area contributed by atoms with Crippen molar-refractivity contribution < 1.29 is 9.59 Å². The van der Waals surface area contributed by atoms with Gasteiger partial charge in [-0.15, -0.1) is 0 Å². The summed E-state index contributed by atoms with van der Waals surface area (Å²) in [6, 6.07) is 7.66. The highest BCUT2D eigenvalue weighted by molar-refractivity contribution is 5.85. The van der Waals surface area contributed by atoms with E-state index in [1.807, 2.05) is 31.2 Å². The van der Waals surface area contributed by atoms with Crippen molar-refractivity contribution >= 4 is 11.8 Å². The minimum absolute atomic E-state index is 0.0810. The first kappa shape index (κ1) is 17.1. The Kier molecular flexibility index (Phi) is 5.42. The molecule has 2 heterocycles. The number of nitrogens with zero attached hydrogens (tertiary/aromatic N) is 4. The highest BCUT2D eigenvalue weighted by Crippen LogP contribution is 2.16. The summed E-state index contributed by atoms with van der Waals surface area (Å²) in [6.07, 6.45) is 6.62. The molecule has 0 aliphatic carbocycles. The first-order chi connectivity index (χ1) is 12.1. The molecule has 132 valence electrons. The zero-order chi connectivity index (χ0) is 17.6. The van der Waals surface area contributed by atoms with Crippen LogP contribution in [-0.4, -0.2) is 44.6 Å². The summed E-state index contributed by atoms with van der Waals surface area (Å²) in [4.78, 5) is 29.9. The van der Waals surface area contributed by atoms with E-state index in [2.05, 4.69) is 15.4 Å².